The van der Waals surface area contributed by atoms with Crippen molar-refractivity contribution in [2.24, 2.45) is 11.8 Å². The average molecular weight is 266 g/mol. The van der Waals surface area contributed by atoms with Gasteiger partial charge in [-0.05, 0) is 63.6 Å². The summed E-state index contributed by atoms with van der Waals surface area (Å²) in [6, 6.07) is 0.784. The van der Waals surface area contributed by atoms with E-state index in [0.717, 1.165) is 24.9 Å². The lowest BCUT2D eigenvalue weighted by Crippen LogP contribution is -2.50. The highest BCUT2D eigenvalue weighted by atomic mass is 16.4. The maximum Gasteiger partial charge on any atom is 0.303 e. The molecule has 3 aliphatic rings. The Morgan fingerprint density at radius 1 is 1.11 bits per heavy atom. The minimum absolute atomic E-state index is 0.348. The van der Waals surface area contributed by atoms with Crippen LogP contribution in [0.5, 0.6) is 0 Å². The number of likely N-dealkylation sites (tertiary alicyclic amines) is 1. The lowest BCUT2D eigenvalue weighted by atomic mass is 9.87. The fourth-order valence-corrected chi connectivity index (χ4v) is 4.37. The number of carboxylic acid groups (broad SMARTS) is 1. The summed E-state index contributed by atoms with van der Waals surface area (Å²) < 4.78 is 0. The first-order valence-electron chi connectivity index (χ1n) is 7.90. The molecule has 19 heavy (non-hydrogen) atoms. The van der Waals surface area contributed by atoms with Gasteiger partial charge in [-0.25, -0.2) is 0 Å². The van der Waals surface area contributed by atoms with E-state index in [2.05, 4.69) is 9.80 Å². The number of carboxylic acids is 1. The zero-order chi connectivity index (χ0) is 13.2. The molecule has 0 aromatic rings. The van der Waals surface area contributed by atoms with Crippen molar-refractivity contribution in [2.75, 3.05) is 32.7 Å². The Balaban J connectivity index is 1.54. The first-order valence-corrected chi connectivity index (χ1v) is 7.90. The van der Waals surface area contributed by atoms with Crippen LogP contribution in [0.1, 0.15) is 38.5 Å². The molecule has 3 aliphatic heterocycles. The summed E-state index contributed by atoms with van der Waals surface area (Å²) in [4.78, 5) is 16.0. The largest absolute Gasteiger partial charge is 0.481 e. The van der Waals surface area contributed by atoms with Crippen LogP contribution in [0.3, 0.4) is 0 Å². The van der Waals surface area contributed by atoms with Crippen LogP contribution in [-0.2, 0) is 4.79 Å². The third-order valence-electron chi connectivity index (χ3n) is 5.38. The van der Waals surface area contributed by atoms with Crippen LogP contribution in [0.15, 0.2) is 0 Å². The fourth-order valence-electron chi connectivity index (χ4n) is 4.37. The molecule has 2 bridgehead atoms. The molecule has 0 amide bonds. The molecule has 3 fully saturated rings. The molecule has 4 unspecified atom stereocenters. The molecule has 3 saturated heterocycles. The van der Waals surface area contributed by atoms with E-state index in [4.69, 9.17) is 5.11 Å². The van der Waals surface area contributed by atoms with Gasteiger partial charge in [-0.1, -0.05) is 0 Å². The predicted molar refractivity (Wildman–Crippen MR) is 74.1 cm³/mol. The van der Waals surface area contributed by atoms with Crippen LogP contribution in [0.25, 0.3) is 0 Å². The fraction of sp³-hybridized carbons (Fsp3) is 0.933. The van der Waals surface area contributed by atoms with Gasteiger partial charge >= 0.3 is 5.97 Å². The third kappa shape index (κ3) is 3.11. The van der Waals surface area contributed by atoms with E-state index in [1.807, 2.05) is 0 Å². The lowest BCUT2D eigenvalue weighted by molar-refractivity contribution is -0.137. The third-order valence-corrected chi connectivity index (χ3v) is 5.38. The average Bonchev–Trinajstić information content (AvgIpc) is 2.78. The summed E-state index contributed by atoms with van der Waals surface area (Å²) in [5.41, 5.74) is 0. The minimum atomic E-state index is -0.638. The van der Waals surface area contributed by atoms with Crippen molar-refractivity contribution in [3.63, 3.8) is 0 Å². The molecular weight excluding hydrogens is 240 g/mol. The second-order valence-corrected chi connectivity index (χ2v) is 6.64. The first kappa shape index (κ1) is 13.4. The highest BCUT2D eigenvalue weighted by Gasteiger charge is 2.38. The van der Waals surface area contributed by atoms with Crippen LogP contribution < -0.4 is 0 Å². The Hall–Kier alpha value is -0.610. The van der Waals surface area contributed by atoms with Gasteiger partial charge in [-0.2, -0.15) is 0 Å². The highest BCUT2D eigenvalue weighted by Crippen LogP contribution is 2.33. The Morgan fingerprint density at radius 2 is 1.95 bits per heavy atom. The quantitative estimate of drug-likeness (QED) is 0.840. The normalized spacial score (nSPS) is 39.4. The molecule has 0 spiro atoms. The van der Waals surface area contributed by atoms with Crippen LogP contribution in [0, 0.1) is 11.8 Å². The highest BCUT2D eigenvalue weighted by molar-refractivity contribution is 5.66. The number of rotatable bonds is 4. The van der Waals surface area contributed by atoms with Gasteiger partial charge in [0, 0.05) is 25.6 Å². The van der Waals surface area contributed by atoms with Gasteiger partial charge in [0.15, 0.2) is 0 Å². The Morgan fingerprint density at radius 3 is 2.79 bits per heavy atom. The Labute approximate surface area is 115 Å². The zero-order valence-electron chi connectivity index (χ0n) is 11.8. The smallest absolute Gasteiger partial charge is 0.303 e. The van der Waals surface area contributed by atoms with Crippen molar-refractivity contribution in [1.82, 2.24) is 9.80 Å². The first-order chi connectivity index (χ1) is 9.22. The Kier molecular flexibility index (Phi) is 4.08. The van der Waals surface area contributed by atoms with Gasteiger partial charge in [0.1, 0.15) is 0 Å². The Bertz CT molecular complexity index is 334. The zero-order valence-corrected chi connectivity index (χ0v) is 11.8. The summed E-state index contributed by atoms with van der Waals surface area (Å²) in [5, 5.41) is 8.83. The van der Waals surface area contributed by atoms with Crippen LogP contribution in [0.4, 0.5) is 0 Å². The van der Waals surface area contributed by atoms with Crippen LogP contribution in [0.2, 0.25) is 0 Å². The lowest BCUT2D eigenvalue weighted by Gasteiger charge is -2.43. The second kappa shape index (κ2) is 5.80. The molecule has 3 heterocycles. The van der Waals surface area contributed by atoms with Gasteiger partial charge in [0.25, 0.3) is 0 Å². The van der Waals surface area contributed by atoms with E-state index in [0.29, 0.717) is 12.3 Å². The van der Waals surface area contributed by atoms with E-state index >= 15 is 0 Å². The van der Waals surface area contributed by atoms with E-state index < -0.39 is 5.97 Å². The number of aliphatic carboxylic acids is 1. The number of nitrogens with zero attached hydrogens (tertiary/aromatic N) is 2. The van der Waals surface area contributed by atoms with Gasteiger partial charge < -0.3 is 10.0 Å². The molecule has 108 valence electrons. The number of hydrogen-bond acceptors (Lipinski definition) is 3. The molecule has 3 rings (SSSR count). The van der Waals surface area contributed by atoms with E-state index in [-0.39, 0.29) is 0 Å². The summed E-state index contributed by atoms with van der Waals surface area (Å²) in [6.45, 7) is 6.27. The monoisotopic (exact) mass is 266 g/mol. The summed E-state index contributed by atoms with van der Waals surface area (Å²) in [6.07, 6.45) is 6.41. The molecule has 0 saturated carbocycles. The van der Waals surface area contributed by atoms with E-state index in [9.17, 15) is 4.79 Å². The van der Waals surface area contributed by atoms with Crippen LogP contribution >= 0.6 is 0 Å². The van der Waals surface area contributed by atoms with Gasteiger partial charge in [-0.3, -0.25) is 9.69 Å². The number of piperidine rings is 2. The summed E-state index contributed by atoms with van der Waals surface area (Å²) >= 11 is 0. The van der Waals surface area contributed by atoms with Gasteiger partial charge in [0.05, 0.1) is 0 Å². The van der Waals surface area contributed by atoms with Crippen molar-refractivity contribution in [1.29, 1.82) is 0 Å². The van der Waals surface area contributed by atoms with Gasteiger partial charge in [-0.15, -0.1) is 0 Å². The van der Waals surface area contributed by atoms with Crippen molar-refractivity contribution < 1.29 is 9.90 Å². The van der Waals surface area contributed by atoms with Crippen molar-refractivity contribution in [3.8, 4) is 0 Å². The predicted octanol–water partition coefficient (Wildman–Crippen LogP) is 1.66. The summed E-state index contributed by atoms with van der Waals surface area (Å²) in [7, 11) is 0. The molecule has 0 aromatic carbocycles. The molecular formula is C15H26N2O2. The molecule has 4 nitrogen and oxygen atoms in total. The SMILES string of the molecule is O=C(O)CCC1CCCN(C2CCN3CCC2C3)C1. The molecule has 0 aromatic heterocycles. The molecule has 4 heteroatoms. The topological polar surface area (TPSA) is 43.8 Å². The second-order valence-electron chi connectivity index (χ2n) is 6.64. The summed E-state index contributed by atoms with van der Waals surface area (Å²) in [5.74, 6) is 0.859. The van der Waals surface area contributed by atoms with Gasteiger partial charge in [0.2, 0.25) is 0 Å². The van der Waals surface area contributed by atoms with Crippen molar-refractivity contribution in [3.05, 3.63) is 0 Å². The number of hydrogen-bond donors (Lipinski definition) is 1. The van der Waals surface area contributed by atoms with E-state index in [1.165, 1.54) is 51.9 Å². The standard InChI is InChI=1S/C15H26N2O2/c18-15(19)4-3-12-2-1-7-17(10-12)14-6-9-16-8-5-13(14)11-16/h12-14H,1-11H2,(H,18,19). The number of fused-ring (bicyclic) bond motifs is 2. The molecule has 0 aliphatic carbocycles. The van der Waals surface area contributed by atoms with Crippen LogP contribution in [-0.4, -0.2) is 59.6 Å². The maximum absolute atomic E-state index is 10.7. The number of carbonyl (C=O) groups is 1. The maximum atomic E-state index is 10.7. The molecule has 0 radical (unpaired) electrons. The van der Waals surface area contributed by atoms with E-state index in [1.54, 1.807) is 0 Å². The molecule has 1 N–H and O–H groups in total. The van der Waals surface area contributed by atoms with Crippen molar-refractivity contribution >= 4 is 5.97 Å². The molecule has 4 atom stereocenters. The minimum Gasteiger partial charge on any atom is -0.481 e. The van der Waals surface area contributed by atoms with Crippen molar-refractivity contribution in [2.45, 2.75) is 44.6 Å².